The van der Waals surface area contributed by atoms with Crippen LogP contribution in [0, 0.1) is 0 Å². The van der Waals surface area contributed by atoms with Crippen molar-refractivity contribution in [3.8, 4) is 11.3 Å². The van der Waals surface area contributed by atoms with E-state index in [-0.39, 0.29) is 5.56 Å². The molecule has 0 bridgehead atoms. The molecule has 0 radical (unpaired) electrons. The second-order valence-electron chi connectivity index (χ2n) is 5.37. The molecular weight excluding hydrogens is 250 g/mol. The van der Waals surface area contributed by atoms with Crippen LogP contribution in [0.2, 0.25) is 0 Å². The van der Waals surface area contributed by atoms with E-state index in [4.69, 9.17) is 5.73 Å². The van der Waals surface area contributed by atoms with Gasteiger partial charge >= 0.3 is 0 Å². The van der Waals surface area contributed by atoms with Gasteiger partial charge in [0.2, 0.25) is 0 Å². The van der Waals surface area contributed by atoms with Crippen molar-refractivity contribution in [2.75, 3.05) is 0 Å². The maximum Gasteiger partial charge on any atom is 0.266 e. The third kappa shape index (κ3) is 2.27. The molecule has 20 heavy (non-hydrogen) atoms. The van der Waals surface area contributed by atoms with Gasteiger partial charge in [-0.25, -0.2) is 4.68 Å². The highest BCUT2D eigenvalue weighted by atomic mass is 16.1. The molecule has 4 nitrogen and oxygen atoms in total. The van der Waals surface area contributed by atoms with E-state index in [1.54, 1.807) is 13.1 Å². The molecule has 4 heteroatoms. The van der Waals surface area contributed by atoms with E-state index in [1.165, 1.54) is 35.1 Å². The van der Waals surface area contributed by atoms with Crippen LogP contribution in [0.3, 0.4) is 0 Å². The first-order valence-electron chi connectivity index (χ1n) is 7.08. The quantitative estimate of drug-likeness (QED) is 0.904. The molecule has 1 aliphatic rings. The third-order valence-electron chi connectivity index (χ3n) is 4.01. The van der Waals surface area contributed by atoms with Gasteiger partial charge in [-0.3, -0.25) is 4.79 Å². The number of benzene rings is 1. The monoisotopic (exact) mass is 269 g/mol. The molecule has 1 aliphatic carbocycles. The van der Waals surface area contributed by atoms with Gasteiger partial charge in [-0.2, -0.15) is 5.10 Å². The first-order valence-corrected chi connectivity index (χ1v) is 7.08. The zero-order chi connectivity index (χ0) is 14.1. The van der Waals surface area contributed by atoms with Crippen LogP contribution in [0.25, 0.3) is 11.3 Å². The zero-order valence-electron chi connectivity index (χ0n) is 11.7. The van der Waals surface area contributed by atoms with E-state index in [9.17, 15) is 4.79 Å². The Balaban J connectivity index is 2.13. The van der Waals surface area contributed by atoms with E-state index in [2.05, 4.69) is 23.3 Å². The molecule has 1 heterocycles. The van der Waals surface area contributed by atoms with Crippen LogP contribution in [0.4, 0.5) is 0 Å². The van der Waals surface area contributed by atoms with Gasteiger partial charge in [-0.05, 0) is 48.4 Å². The van der Waals surface area contributed by atoms with Gasteiger partial charge < -0.3 is 5.73 Å². The summed E-state index contributed by atoms with van der Waals surface area (Å²) in [5, 5.41) is 4.39. The highest BCUT2D eigenvalue weighted by Crippen LogP contribution is 2.27. The van der Waals surface area contributed by atoms with E-state index in [1.807, 2.05) is 0 Å². The topological polar surface area (TPSA) is 60.9 Å². The molecule has 0 amide bonds. The molecule has 2 N–H and O–H groups in total. The average Bonchev–Trinajstić information content (AvgIpc) is 2.49. The molecule has 0 unspecified atom stereocenters. The minimum atomic E-state index is -0.118. The summed E-state index contributed by atoms with van der Waals surface area (Å²) >= 11 is 0. The molecule has 0 aliphatic heterocycles. The predicted octanol–water partition coefficient (Wildman–Crippen LogP) is 1.78. The van der Waals surface area contributed by atoms with E-state index >= 15 is 0 Å². The first kappa shape index (κ1) is 13.1. The number of hydrogen-bond acceptors (Lipinski definition) is 3. The molecule has 0 saturated carbocycles. The van der Waals surface area contributed by atoms with Crippen LogP contribution in [0.15, 0.2) is 29.1 Å². The number of aromatic nitrogens is 2. The molecule has 1 aromatic heterocycles. The van der Waals surface area contributed by atoms with Gasteiger partial charge in [-0.15, -0.1) is 0 Å². The van der Waals surface area contributed by atoms with Gasteiger partial charge in [0.25, 0.3) is 5.56 Å². The fraction of sp³-hybridized carbons (Fsp3) is 0.375. The Hall–Kier alpha value is -1.94. The minimum Gasteiger partial charge on any atom is -0.326 e. The SMILES string of the molecule is Cn1nc(-c2ccc3c(c2)CCCC3)c(CN)cc1=O. The lowest BCUT2D eigenvalue weighted by molar-refractivity contribution is 0.684. The Bertz CT molecular complexity index is 703. The van der Waals surface area contributed by atoms with Crippen molar-refractivity contribution in [2.24, 2.45) is 12.8 Å². The molecule has 0 spiro atoms. The lowest BCUT2D eigenvalue weighted by atomic mass is 9.89. The number of fused-ring (bicyclic) bond motifs is 1. The van der Waals surface area contributed by atoms with Gasteiger partial charge in [0.05, 0.1) is 5.69 Å². The number of rotatable bonds is 2. The van der Waals surface area contributed by atoms with Gasteiger partial charge in [-0.1, -0.05) is 12.1 Å². The van der Waals surface area contributed by atoms with E-state index < -0.39 is 0 Å². The Labute approximate surface area is 118 Å². The van der Waals surface area contributed by atoms with Crippen molar-refractivity contribution in [2.45, 2.75) is 32.2 Å². The lowest BCUT2D eigenvalue weighted by Gasteiger charge is -2.17. The molecule has 0 atom stereocenters. The number of nitrogens with two attached hydrogens (primary N) is 1. The smallest absolute Gasteiger partial charge is 0.266 e. The van der Waals surface area contributed by atoms with Crippen LogP contribution < -0.4 is 11.3 Å². The van der Waals surface area contributed by atoms with Crippen molar-refractivity contribution in [1.82, 2.24) is 9.78 Å². The Kier molecular flexibility index (Phi) is 3.40. The summed E-state index contributed by atoms with van der Waals surface area (Å²) in [5.74, 6) is 0. The summed E-state index contributed by atoms with van der Waals surface area (Å²) in [6, 6.07) is 8.08. The number of hydrogen-bond donors (Lipinski definition) is 1. The van der Waals surface area contributed by atoms with Crippen molar-refractivity contribution in [3.63, 3.8) is 0 Å². The summed E-state index contributed by atoms with van der Waals surface area (Å²) in [5.41, 5.74) is 11.2. The fourth-order valence-electron chi connectivity index (χ4n) is 2.85. The first-order chi connectivity index (χ1) is 9.69. The summed E-state index contributed by atoms with van der Waals surface area (Å²) in [4.78, 5) is 11.7. The third-order valence-corrected chi connectivity index (χ3v) is 4.01. The van der Waals surface area contributed by atoms with Crippen LogP contribution >= 0.6 is 0 Å². The van der Waals surface area contributed by atoms with Gasteiger partial charge in [0.15, 0.2) is 0 Å². The Morgan fingerprint density at radius 2 is 1.95 bits per heavy atom. The van der Waals surface area contributed by atoms with E-state index in [0.29, 0.717) is 6.54 Å². The Morgan fingerprint density at radius 3 is 2.70 bits per heavy atom. The molecule has 0 fully saturated rings. The maximum absolute atomic E-state index is 11.7. The van der Waals surface area contributed by atoms with Crippen LogP contribution in [-0.2, 0) is 26.4 Å². The van der Waals surface area contributed by atoms with E-state index in [0.717, 1.165) is 23.2 Å². The minimum absolute atomic E-state index is 0.118. The average molecular weight is 269 g/mol. The largest absolute Gasteiger partial charge is 0.326 e. The highest BCUT2D eigenvalue weighted by Gasteiger charge is 2.13. The van der Waals surface area contributed by atoms with Crippen LogP contribution in [0.5, 0.6) is 0 Å². The Morgan fingerprint density at radius 1 is 1.20 bits per heavy atom. The summed E-state index contributed by atoms with van der Waals surface area (Å²) in [7, 11) is 1.67. The number of aryl methyl sites for hydroxylation is 3. The zero-order valence-corrected chi connectivity index (χ0v) is 11.7. The molecule has 0 saturated heterocycles. The lowest BCUT2D eigenvalue weighted by Crippen LogP contribution is -2.21. The molecule has 1 aromatic carbocycles. The maximum atomic E-state index is 11.7. The fourth-order valence-corrected chi connectivity index (χ4v) is 2.85. The molecule has 104 valence electrons. The van der Waals surface area contributed by atoms with Crippen LogP contribution in [0.1, 0.15) is 29.5 Å². The molecule has 2 aromatic rings. The standard InChI is InChI=1S/C16H19N3O/c1-19-15(20)9-14(10-17)16(18-19)13-7-6-11-4-2-3-5-12(11)8-13/h6-9H,2-5,10,17H2,1H3. The highest BCUT2D eigenvalue weighted by molar-refractivity contribution is 5.64. The molecular formula is C16H19N3O. The summed E-state index contributed by atoms with van der Waals surface area (Å²) in [6.45, 7) is 0.329. The van der Waals surface area contributed by atoms with Crippen molar-refractivity contribution in [3.05, 3.63) is 51.3 Å². The molecule has 3 rings (SSSR count). The predicted molar refractivity (Wildman–Crippen MR) is 79.4 cm³/mol. The summed E-state index contributed by atoms with van der Waals surface area (Å²) in [6.07, 6.45) is 4.83. The van der Waals surface area contributed by atoms with Crippen molar-refractivity contribution < 1.29 is 0 Å². The number of nitrogens with zero attached hydrogens (tertiary/aromatic N) is 2. The summed E-state index contributed by atoms with van der Waals surface area (Å²) < 4.78 is 1.37. The van der Waals surface area contributed by atoms with Crippen molar-refractivity contribution >= 4 is 0 Å². The van der Waals surface area contributed by atoms with Crippen molar-refractivity contribution in [1.29, 1.82) is 0 Å². The second kappa shape index (κ2) is 5.21. The van der Waals surface area contributed by atoms with Gasteiger partial charge in [0, 0.05) is 25.2 Å². The normalized spacial score (nSPS) is 14.1. The second-order valence-corrected chi connectivity index (χ2v) is 5.37. The van der Waals surface area contributed by atoms with Crippen LogP contribution in [-0.4, -0.2) is 9.78 Å². The van der Waals surface area contributed by atoms with Gasteiger partial charge in [0.1, 0.15) is 0 Å².